The molecule has 0 aliphatic heterocycles. The number of hydrogen-bond acceptors (Lipinski definition) is 3. The van der Waals surface area contributed by atoms with Crippen LogP contribution in [0.3, 0.4) is 0 Å². The molecule has 2 rings (SSSR count). The van der Waals surface area contributed by atoms with Crippen LogP contribution < -0.4 is 11.1 Å². The summed E-state index contributed by atoms with van der Waals surface area (Å²) in [6.45, 7) is 6.71. The number of hydrogen-bond donors (Lipinski definition) is 2. The second-order valence-electron chi connectivity index (χ2n) is 5.35. The first-order valence-corrected chi connectivity index (χ1v) is 7.67. The minimum atomic E-state index is 0.451. The molecule has 0 saturated heterocycles. The average molecular weight is 300 g/mol. The quantitative estimate of drug-likeness (QED) is 0.488. The summed E-state index contributed by atoms with van der Waals surface area (Å²) in [7, 11) is 0. The topological polar surface area (TPSA) is 76.4 Å². The Bertz CT molecular complexity index is 626. The van der Waals surface area contributed by atoms with Gasteiger partial charge in [-0.2, -0.15) is 0 Å². The molecule has 22 heavy (non-hydrogen) atoms. The predicted molar refractivity (Wildman–Crippen MR) is 90.2 cm³/mol. The molecular weight excluding hydrogens is 276 g/mol. The fourth-order valence-electron chi connectivity index (χ4n) is 2.37. The van der Waals surface area contributed by atoms with Crippen LogP contribution in [0.2, 0.25) is 0 Å². The molecule has 0 unspecified atom stereocenters. The van der Waals surface area contributed by atoms with Crippen LogP contribution in [0.25, 0.3) is 0 Å². The van der Waals surface area contributed by atoms with E-state index in [9.17, 15) is 0 Å². The van der Waals surface area contributed by atoms with Crippen molar-refractivity contribution in [1.29, 1.82) is 0 Å². The molecule has 0 radical (unpaired) electrons. The number of nitrogens with zero attached hydrogens (tertiary/aromatic N) is 2. The van der Waals surface area contributed by atoms with Crippen LogP contribution in [0.4, 0.5) is 5.69 Å². The maximum absolute atomic E-state index is 5.92. The summed E-state index contributed by atoms with van der Waals surface area (Å²) in [6, 6.07) is 8.20. The second-order valence-corrected chi connectivity index (χ2v) is 5.35. The maximum atomic E-state index is 5.92. The van der Waals surface area contributed by atoms with Crippen LogP contribution >= 0.6 is 0 Å². The lowest BCUT2D eigenvalue weighted by atomic mass is 10.1. The van der Waals surface area contributed by atoms with Crippen LogP contribution in [-0.2, 0) is 12.8 Å². The third-order valence-corrected chi connectivity index (χ3v) is 3.66. The van der Waals surface area contributed by atoms with E-state index in [0.717, 1.165) is 36.4 Å². The van der Waals surface area contributed by atoms with Gasteiger partial charge in [0.05, 0.1) is 5.69 Å². The molecule has 0 atom stereocenters. The van der Waals surface area contributed by atoms with Gasteiger partial charge in [0.2, 0.25) is 0 Å². The summed E-state index contributed by atoms with van der Waals surface area (Å²) in [5, 5.41) is 7.08. The molecule has 0 aliphatic carbocycles. The zero-order valence-electron chi connectivity index (χ0n) is 13.5. The van der Waals surface area contributed by atoms with Gasteiger partial charge in [0, 0.05) is 17.8 Å². The number of aliphatic imine (C=N–C) groups is 1. The summed E-state index contributed by atoms with van der Waals surface area (Å²) in [6.07, 6.45) is 2.83. The lowest BCUT2D eigenvalue weighted by molar-refractivity contribution is 0.392. The summed E-state index contributed by atoms with van der Waals surface area (Å²) < 4.78 is 5.15. The fraction of sp³-hybridized carbons (Fsp3) is 0.412. The van der Waals surface area contributed by atoms with E-state index < -0.39 is 0 Å². The van der Waals surface area contributed by atoms with Gasteiger partial charge in [0.15, 0.2) is 5.96 Å². The number of aryl methyl sites for hydroxylation is 3. The van der Waals surface area contributed by atoms with E-state index in [1.54, 1.807) is 0 Å². The molecule has 0 spiro atoms. The Balaban J connectivity index is 1.82. The van der Waals surface area contributed by atoms with Gasteiger partial charge >= 0.3 is 0 Å². The molecule has 1 heterocycles. The van der Waals surface area contributed by atoms with Gasteiger partial charge in [-0.25, -0.2) is 0 Å². The van der Waals surface area contributed by atoms with Crippen molar-refractivity contribution in [3.05, 3.63) is 46.8 Å². The molecule has 0 saturated carbocycles. The molecule has 0 amide bonds. The predicted octanol–water partition coefficient (Wildman–Crippen LogP) is 3.21. The minimum absolute atomic E-state index is 0.451. The number of anilines is 1. The molecule has 118 valence electrons. The van der Waals surface area contributed by atoms with E-state index in [-0.39, 0.29) is 0 Å². The second kappa shape index (κ2) is 7.64. The molecule has 5 heteroatoms. The van der Waals surface area contributed by atoms with Crippen molar-refractivity contribution in [3.8, 4) is 0 Å². The van der Waals surface area contributed by atoms with Gasteiger partial charge in [-0.15, -0.1) is 0 Å². The van der Waals surface area contributed by atoms with Gasteiger partial charge in [0.1, 0.15) is 5.76 Å². The third kappa shape index (κ3) is 4.35. The van der Waals surface area contributed by atoms with Crippen molar-refractivity contribution in [3.63, 3.8) is 0 Å². The number of nitrogens with two attached hydrogens (primary N) is 1. The number of nitrogens with one attached hydrogen (secondary N) is 1. The fourth-order valence-corrected chi connectivity index (χ4v) is 2.37. The lowest BCUT2D eigenvalue weighted by Crippen LogP contribution is -2.23. The number of aromatic nitrogens is 1. The Hall–Kier alpha value is -2.30. The molecule has 5 nitrogen and oxygen atoms in total. The van der Waals surface area contributed by atoms with Crippen molar-refractivity contribution in [2.24, 2.45) is 10.7 Å². The number of rotatable bonds is 6. The highest BCUT2D eigenvalue weighted by Gasteiger charge is 2.07. The van der Waals surface area contributed by atoms with Gasteiger partial charge in [0.25, 0.3) is 0 Å². The Morgan fingerprint density at radius 3 is 2.86 bits per heavy atom. The lowest BCUT2D eigenvalue weighted by Gasteiger charge is -2.07. The van der Waals surface area contributed by atoms with E-state index in [2.05, 4.69) is 34.5 Å². The molecule has 0 fully saturated rings. The SMILES string of the molecule is CCc1cccc(NC(N)=NCCCc2c(C)noc2C)c1. The smallest absolute Gasteiger partial charge is 0.193 e. The highest BCUT2D eigenvalue weighted by atomic mass is 16.5. The van der Waals surface area contributed by atoms with Gasteiger partial charge in [-0.05, 0) is 50.8 Å². The first kappa shape index (κ1) is 16.1. The van der Waals surface area contributed by atoms with Crippen molar-refractivity contribution in [2.75, 3.05) is 11.9 Å². The van der Waals surface area contributed by atoms with Crippen LogP contribution in [-0.4, -0.2) is 17.7 Å². The van der Waals surface area contributed by atoms with E-state index in [1.165, 1.54) is 11.1 Å². The summed E-state index contributed by atoms with van der Waals surface area (Å²) in [5.41, 5.74) is 10.3. The molecule has 0 bridgehead atoms. The standard InChI is InChI=1S/C17H24N4O/c1-4-14-7-5-8-15(11-14)20-17(18)19-10-6-9-16-12(2)21-22-13(16)3/h5,7-8,11H,4,6,9-10H2,1-3H3,(H3,18,19,20). The van der Waals surface area contributed by atoms with E-state index in [4.69, 9.17) is 10.3 Å². The normalized spacial score (nSPS) is 11.7. The first-order valence-electron chi connectivity index (χ1n) is 7.67. The van der Waals surface area contributed by atoms with Crippen molar-refractivity contribution < 1.29 is 4.52 Å². The molecule has 2 aromatic rings. The monoisotopic (exact) mass is 300 g/mol. The summed E-state index contributed by atoms with van der Waals surface area (Å²) in [4.78, 5) is 4.37. The zero-order valence-corrected chi connectivity index (χ0v) is 13.5. The summed E-state index contributed by atoms with van der Waals surface area (Å²) >= 11 is 0. The molecule has 1 aromatic carbocycles. The molecule has 1 aromatic heterocycles. The Labute approximate surface area is 131 Å². The first-order chi connectivity index (χ1) is 10.6. The van der Waals surface area contributed by atoms with Gasteiger partial charge in [-0.3, -0.25) is 4.99 Å². The third-order valence-electron chi connectivity index (χ3n) is 3.66. The van der Waals surface area contributed by atoms with Crippen LogP contribution in [0.5, 0.6) is 0 Å². The highest BCUT2D eigenvalue weighted by Crippen LogP contribution is 2.14. The van der Waals surface area contributed by atoms with Crippen LogP contribution in [0, 0.1) is 13.8 Å². The molecular formula is C17H24N4O. The van der Waals surface area contributed by atoms with E-state index in [0.29, 0.717) is 12.5 Å². The average Bonchev–Trinajstić information content (AvgIpc) is 2.83. The van der Waals surface area contributed by atoms with E-state index in [1.807, 2.05) is 26.0 Å². The van der Waals surface area contributed by atoms with Crippen LogP contribution in [0.15, 0.2) is 33.8 Å². The zero-order chi connectivity index (χ0) is 15.9. The van der Waals surface area contributed by atoms with Crippen molar-refractivity contribution in [2.45, 2.75) is 40.0 Å². The number of benzene rings is 1. The molecule has 0 aliphatic rings. The Morgan fingerprint density at radius 2 is 2.18 bits per heavy atom. The van der Waals surface area contributed by atoms with Crippen molar-refractivity contribution in [1.82, 2.24) is 5.16 Å². The Kier molecular flexibility index (Phi) is 5.58. The summed E-state index contributed by atoms with van der Waals surface area (Å²) in [5.74, 6) is 1.34. The minimum Gasteiger partial charge on any atom is -0.370 e. The number of guanidine groups is 1. The van der Waals surface area contributed by atoms with E-state index >= 15 is 0 Å². The van der Waals surface area contributed by atoms with Gasteiger partial charge < -0.3 is 15.6 Å². The van der Waals surface area contributed by atoms with Crippen LogP contribution in [0.1, 0.15) is 35.9 Å². The maximum Gasteiger partial charge on any atom is 0.193 e. The Morgan fingerprint density at radius 1 is 1.36 bits per heavy atom. The highest BCUT2D eigenvalue weighted by molar-refractivity contribution is 5.92. The largest absolute Gasteiger partial charge is 0.370 e. The van der Waals surface area contributed by atoms with Gasteiger partial charge in [-0.1, -0.05) is 24.2 Å². The molecule has 3 N–H and O–H groups in total. The van der Waals surface area contributed by atoms with Crippen molar-refractivity contribution >= 4 is 11.6 Å².